The highest BCUT2D eigenvalue weighted by atomic mass is 79.9. The molecule has 0 saturated heterocycles. The third-order valence-electron chi connectivity index (χ3n) is 2.65. The molecular formula is C13H12BrFN2O3. The molecule has 0 bridgehead atoms. The van der Waals surface area contributed by atoms with Crippen molar-refractivity contribution in [3.05, 3.63) is 51.6 Å². The number of hydrazine groups is 1. The molecular weight excluding hydrogens is 331 g/mol. The fraction of sp³-hybridized carbons (Fsp3) is 0.154. The largest absolute Gasteiger partial charge is 0.486 e. The van der Waals surface area contributed by atoms with Gasteiger partial charge in [-0.1, -0.05) is 15.9 Å². The smallest absolute Gasteiger partial charge is 0.300 e. The summed E-state index contributed by atoms with van der Waals surface area (Å²) in [5.41, 5.74) is 2.61. The van der Waals surface area contributed by atoms with Gasteiger partial charge >= 0.3 is 5.91 Å². The van der Waals surface area contributed by atoms with E-state index in [4.69, 9.17) is 15.0 Å². The summed E-state index contributed by atoms with van der Waals surface area (Å²) in [5.74, 6) is 4.73. The van der Waals surface area contributed by atoms with Crippen molar-refractivity contribution in [3.8, 4) is 5.75 Å². The van der Waals surface area contributed by atoms with Crippen LogP contribution in [0.15, 0.2) is 33.2 Å². The van der Waals surface area contributed by atoms with E-state index in [1.54, 1.807) is 13.0 Å². The number of benzene rings is 1. The van der Waals surface area contributed by atoms with Gasteiger partial charge < -0.3 is 9.15 Å². The molecule has 7 heteroatoms. The molecule has 0 fully saturated rings. The summed E-state index contributed by atoms with van der Waals surface area (Å²) in [5, 5.41) is 0. The van der Waals surface area contributed by atoms with E-state index in [0.717, 1.165) is 0 Å². The summed E-state index contributed by atoms with van der Waals surface area (Å²) in [6, 6.07) is 5.91. The van der Waals surface area contributed by atoms with Gasteiger partial charge in [-0.15, -0.1) is 0 Å². The van der Waals surface area contributed by atoms with Gasteiger partial charge in [0.25, 0.3) is 0 Å². The number of carbonyl (C=O) groups is 1. The third kappa shape index (κ3) is 3.17. The van der Waals surface area contributed by atoms with Crippen LogP contribution in [0.25, 0.3) is 0 Å². The monoisotopic (exact) mass is 342 g/mol. The highest BCUT2D eigenvalue weighted by Crippen LogP contribution is 2.24. The van der Waals surface area contributed by atoms with Gasteiger partial charge in [-0.25, -0.2) is 10.2 Å². The Morgan fingerprint density at radius 3 is 2.95 bits per heavy atom. The minimum Gasteiger partial charge on any atom is -0.486 e. The Balaban J connectivity index is 2.13. The van der Waals surface area contributed by atoms with Crippen LogP contribution in [0.5, 0.6) is 5.75 Å². The Labute approximate surface area is 123 Å². The van der Waals surface area contributed by atoms with Crippen LogP contribution in [0.2, 0.25) is 0 Å². The number of nitrogen functional groups attached to an aromatic ring is 1. The van der Waals surface area contributed by atoms with E-state index in [1.165, 1.54) is 18.2 Å². The third-order valence-corrected chi connectivity index (χ3v) is 3.15. The second-order valence-corrected chi connectivity index (χ2v) is 4.94. The van der Waals surface area contributed by atoms with Gasteiger partial charge in [0.05, 0.1) is 0 Å². The summed E-state index contributed by atoms with van der Waals surface area (Å²) >= 11 is 3.24. The lowest BCUT2D eigenvalue weighted by atomic mass is 10.2. The Bertz CT molecular complexity index is 643. The highest BCUT2D eigenvalue weighted by molar-refractivity contribution is 9.10. The lowest BCUT2D eigenvalue weighted by Crippen LogP contribution is -2.29. The molecule has 1 aromatic heterocycles. The molecule has 106 valence electrons. The fourth-order valence-corrected chi connectivity index (χ4v) is 1.93. The summed E-state index contributed by atoms with van der Waals surface area (Å²) < 4.78 is 24.8. The zero-order valence-corrected chi connectivity index (χ0v) is 12.2. The second kappa shape index (κ2) is 6.06. The Kier molecular flexibility index (Phi) is 4.41. The summed E-state index contributed by atoms with van der Waals surface area (Å²) in [4.78, 5) is 11.3. The van der Waals surface area contributed by atoms with Crippen LogP contribution in [0, 0.1) is 12.7 Å². The van der Waals surface area contributed by atoms with Gasteiger partial charge in [-0.2, -0.15) is 0 Å². The number of carbonyl (C=O) groups excluding carboxylic acids is 1. The van der Waals surface area contributed by atoms with E-state index >= 15 is 0 Å². The van der Waals surface area contributed by atoms with Crippen LogP contribution in [-0.2, 0) is 6.61 Å². The van der Waals surface area contributed by atoms with Gasteiger partial charge in [0.1, 0.15) is 12.4 Å². The zero-order valence-electron chi connectivity index (χ0n) is 10.6. The molecule has 5 nitrogen and oxygen atoms in total. The number of nitrogens with two attached hydrogens (primary N) is 1. The molecule has 1 aromatic carbocycles. The molecule has 1 amide bonds. The van der Waals surface area contributed by atoms with Crippen LogP contribution in [0.1, 0.15) is 21.9 Å². The molecule has 0 radical (unpaired) electrons. The molecule has 0 saturated carbocycles. The van der Waals surface area contributed by atoms with Crippen LogP contribution in [0.3, 0.4) is 0 Å². The predicted molar refractivity (Wildman–Crippen MR) is 73.5 cm³/mol. The van der Waals surface area contributed by atoms with Gasteiger partial charge in [-0.3, -0.25) is 10.2 Å². The standard InChI is InChI=1S/C13H12BrFN2O3/c1-7-8(4-12(20-7)13(18)17-16)6-19-11-5-9(14)2-3-10(11)15/h2-5H,6,16H2,1H3,(H,17,18). The first-order valence-corrected chi connectivity index (χ1v) is 6.48. The quantitative estimate of drug-likeness (QED) is 0.508. The first kappa shape index (κ1) is 14.5. The first-order valence-electron chi connectivity index (χ1n) is 5.69. The summed E-state index contributed by atoms with van der Waals surface area (Å²) in [6.45, 7) is 1.77. The SMILES string of the molecule is Cc1oc(C(=O)NN)cc1COc1cc(Br)ccc1F. The number of rotatable bonds is 4. The number of nitrogens with one attached hydrogen (secondary N) is 1. The number of amides is 1. The second-order valence-electron chi connectivity index (χ2n) is 4.03. The minimum atomic E-state index is -0.534. The van der Waals surface area contributed by atoms with E-state index in [-0.39, 0.29) is 18.1 Å². The van der Waals surface area contributed by atoms with Crippen LogP contribution in [-0.4, -0.2) is 5.91 Å². The molecule has 2 aromatic rings. The average Bonchev–Trinajstić information content (AvgIpc) is 2.80. The topological polar surface area (TPSA) is 77.5 Å². The number of ether oxygens (including phenoxy) is 1. The lowest BCUT2D eigenvalue weighted by molar-refractivity contribution is 0.0924. The summed E-state index contributed by atoms with van der Waals surface area (Å²) in [7, 11) is 0. The number of aryl methyl sites for hydroxylation is 1. The van der Waals surface area contributed by atoms with Crippen molar-refractivity contribution >= 4 is 21.8 Å². The minimum absolute atomic E-state index is 0.0818. The molecule has 20 heavy (non-hydrogen) atoms. The van der Waals surface area contributed by atoms with Crippen molar-refractivity contribution in [2.75, 3.05) is 0 Å². The van der Waals surface area contributed by atoms with Crippen LogP contribution < -0.4 is 16.0 Å². The van der Waals surface area contributed by atoms with Crippen molar-refractivity contribution < 1.29 is 18.3 Å². The maximum absolute atomic E-state index is 13.5. The van der Waals surface area contributed by atoms with Crippen LogP contribution in [0.4, 0.5) is 4.39 Å². The lowest BCUT2D eigenvalue weighted by Gasteiger charge is -2.06. The number of hydrogen-bond acceptors (Lipinski definition) is 4. The fourth-order valence-electron chi connectivity index (χ4n) is 1.59. The summed E-state index contributed by atoms with van der Waals surface area (Å²) in [6.07, 6.45) is 0. The predicted octanol–water partition coefficient (Wildman–Crippen LogP) is 2.67. The normalized spacial score (nSPS) is 10.4. The van der Waals surface area contributed by atoms with Crippen molar-refractivity contribution in [3.63, 3.8) is 0 Å². The maximum Gasteiger partial charge on any atom is 0.300 e. The Morgan fingerprint density at radius 2 is 2.25 bits per heavy atom. The van der Waals surface area contributed by atoms with Crippen molar-refractivity contribution in [1.82, 2.24) is 5.43 Å². The van der Waals surface area contributed by atoms with Gasteiger partial charge in [0.15, 0.2) is 17.3 Å². The van der Waals surface area contributed by atoms with E-state index in [2.05, 4.69) is 15.9 Å². The van der Waals surface area contributed by atoms with E-state index < -0.39 is 11.7 Å². The van der Waals surface area contributed by atoms with Crippen molar-refractivity contribution in [2.45, 2.75) is 13.5 Å². The molecule has 2 rings (SSSR count). The molecule has 0 spiro atoms. The van der Waals surface area contributed by atoms with Crippen molar-refractivity contribution in [1.29, 1.82) is 0 Å². The maximum atomic E-state index is 13.5. The molecule has 0 aliphatic heterocycles. The molecule has 0 aliphatic rings. The number of furan rings is 1. The molecule has 0 unspecified atom stereocenters. The molecule has 0 aliphatic carbocycles. The van der Waals surface area contributed by atoms with Crippen molar-refractivity contribution in [2.24, 2.45) is 5.84 Å². The molecule has 3 N–H and O–H groups in total. The van der Waals surface area contributed by atoms with Gasteiger partial charge in [0, 0.05) is 10.0 Å². The highest BCUT2D eigenvalue weighted by Gasteiger charge is 2.14. The van der Waals surface area contributed by atoms with E-state index in [1.807, 2.05) is 5.43 Å². The van der Waals surface area contributed by atoms with Gasteiger partial charge in [0.2, 0.25) is 0 Å². The average molecular weight is 343 g/mol. The van der Waals surface area contributed by atoms with Crippen LogP contribution >= 0.6 is 15.9 Å². The molecule has 0 atom stereocenters. The number of hydrogen-bond donors (Lipinski definition) is 2. The Morgan fingerprint density at radius 1 is 1.50 bits per heavy atom. The zero-order chi connectivity index (χ0) is 14.7. The first-order chi connectivity index (χ1) is 9.51. The van der Waals surface area contributed by atoms with E-state index in [0.29, 0.717) is 15.8 Å². The van der Waals surface area contributed by atoms with E-state index in [9.17, 15) is 9.18 Å². The van der Waals surface area contributed by atoms with Gasteiger partial charge in [-0.05, 0) is 31.2 Å². The molecule has 1 heterocycles. The number of halogens is 2. The Hall–Kier alpha value is -1.86.